The van der Waals surface area contributed by atoms with Crippen LogP contribution in [0, 0.1) is 11.8 Å². The summed E-state index contributed by atoms with van der Waals surface area (Å²) in [5.41, 5.74) is 0. The van der Waals surface area contributed by atoms with Crippen molar-refractivity contribution in [2.75, 3.05) is 11.5 Å². The van der Waals surface area contributed by atoms with Gasteiger partial charge in [-0.3, -0.25) is 0 Å². The molecule has 2 atom stereocenters. The summed E-state index contributed by atoms with van der Waals surface area (Å²) in [5.74, 6) is 5.05. The zero-order chi connectivity index (χ0) is 10.9. The van der Waals surface area contributed by atoms with Crippen LogP contribution in [0.1, 0.15) is 65.2 Å². The lowest BCUT2D eigenvalue weighted by molar-refractivity contribution is 0.187. The number of rotatable bonds is 9. The number of unbranched alkanes of at least 4 members (excludes halogenated alkanes) is 3. The molecule has 0 aromatic heterocycles. The van der Waals surface area contributed by atoms with Crippen LogP contribution in [0.25, 0.3) is 0 Å². The van der Waals surface area contributed by atoms with E-state index in [1.54, 1.807) is 0 Å². The van der Waals surface area contributed by atoms with Gasteiger partial charge in [0.15, 0.2) is 0 Å². The van der Waals surface area contributed by atoms with Crippen molar-refractivity contribution in [2.45, 2.75) is 65.2 Å². The highest BCUT2D eigenvalue weighted by atomic mass is 32.2. The molecule has 0 aromatic rings. The third-order valence-electron chi connectivity index (χ3n) is 3.71. The maximum Gasteiger partial charge on any atom is -0.00365 e. The molecule has 0 radical (unpaired) electrons. The minimum atomic E-state index is 1.08. The second kappa shape index (κ2) is 8.50. The van der Waals surface area contributed by atoms with E-state index in [-0.39, 0.29) is 0 Å². The summed E-state index contributed by atoms with van der Waals surface area (Å²) in [6, 6.07) is 0. The molecule has 1 saturated carbocycles. The van der Waals surface area contributed by atoms with Crippen LogP contribution in [-0.2, 0) is 0 Å². The molecule has 15 heavy (non-hydrogen) atoms. The van der Waals surface area contributed by atoms with Crippen molar-refractivity contribution in [3.63, 3.8) is 0 Å². The Labute approximate surface area is 101 Å². The van der Waals surface area contributed by atoms with Gasteiger partial charge in [-0.1, -0.05) is 46.0 Å². The molecule has 0 nitrogen and oxygen atoms in total. The number of thioether (sulfide) groups is 1. The molecule has 1 rings (SSSR count). The molecule has 0 spiro atoms. The largest absolute Gasteiger partial charge is 0.162 e. The fourth-order valence-electron chi connectivity index (χ4n) is 2.47. The Morgan fingerprint density at radius 3 is 2.33 bits per heavy atom. The van der Waals surface area contributed by atoms with Gasteiger partial charge in [0.25, 0.3) is 0 Å². The highest BCUT2D eigenvalue weighted by Gasteiger charge is 2.29. The minimum Gasteiger partial charge on any atom is -0.162 e. The van der Waals surface area contributed by atoms with Crippen LogP contribution in [-0.4, -0.2) is 11.5 Å². The van der Waals surface area contributed by atoms with Crippen LogP contribution in [0.3, 0.4) is 0 Å². The Hall–Kier alpha value is 0.350. The number of hydrogen-bond donors (Lipinski definition) is 0. The molecule has 1 aliphatic carbocycles. The zero-order valence-electron chi connectivity index (χ0n) is 10.6. The topological polar surface area (TPSA) is 0 Å². The smallest absolute Gasteiger partial charge is 0.00365 e. The van der Waals surface area contributed by atoms with Gasteiger partial charge >= 0.3 is 0 Å². The molecular formula is C14H28S. The first-order valence-electron chi connectivity index (χ1n) is 6.96. The average Bonchev–Trinajstić information content (AvgIpc) is 2.23. The maximum absolute atomic E-state index is 2.33. The van der Waals surface area contributed by atoms with Gasteiger partial charge in [0.05, 0.1) is 0 Å². The van der Waals surface area contributed by atoms with Crippen LogP contribution < -0.4 is 0 Å². The van der Waals surface area contributed by atoms with Crippen LogP contribution in [0.4, 0.5) is 0 Å². The van der Waals surface area contributed by atoms with Crippen LogP contribution in [0.15, 0.2) is 0 Å². The van der Waals surface area contributed by atoms with Gasteiger partial charge < -0.3 is 0 Å². The summed E-state index contributed by atoms with van der Waals surface area (Å²) >= 11 is 2.22. The van der Waals surface area contributed by atoms with Crippen molar-refractivity contribution in [3.8, 4) is 0 Å². The van der Waals surface area contributed by atoms with E-state index in [1.807, 2.05) is 0 Å². The predicted octanol–water partition coefficient (Wildman–Crippen LogP) is 5.13. The summed E-state index contributed by atoms with van der Waals surface area (Å²) < 4.78 is 0. The van der Waals surface area contributed by atoms with Crippen LogP contribution in [0.2, 0.25) is 0 Å². The molecule has 0 amide bonds. The second-order valence-electron chi connectivity index (χ2n) is 5.02. The molecule has 0 aliphatic heterocycles. The van der Waals surface area contributed by atoms with Crippen molar-refractivity contribution in [1.29, 1.82) is 0 Å². The van der Waals surface area contributed by atoms with Gasteiger partial charge in [-0.25, -0.2) is 0 Å². The van der Waals surface area contributed by atoms with Crippen molar-refractivity contribution in [2.24, 2.45) is 11.8 Å². The maximum atomic E-state index is 2.33. The average molecular weight is 228 g/mol. The monoisotopic (exact) mass is 228 g/mol. The van der Waals surface area contributed by atoms with E-state index < -0.39 is 0 Å². The SMILES string of the molecule is CCCCCCSCC1CCC1CCC. The first-order chi connectivity index (χ1) is 7.38. The molecule has 2 unspecified atom stereocenters. The molecule has 0 heterocycles. The first kappa shape index (κ1) is 13.4. The lowest BCUT2D eigenvalue weighted by Crippen LogP contribution is -2.27. The summed E-state index contributed by atoms with van der Waals surface area (Å²) in [7, 11) is 0. The van der Waals surface area contributed by atoms with Crippen LogP contribution in [0.5, 0.6) is 0 Å². The van der Waals surface area contributed by atoms with Gasteiger partial charge in [-0.05, 0) is 42.6 Å². The van der Waals surface area contributed by atoms with Crippen molar-refractivity contribution in [1.82, 2.24) is 0 Å². The summed E-state index contributed by atoms with van der Waals surface area (Å²) in [5, 5.41) is 0. The Morgan fingerprint density at radius 2 is 1.73 bits per heavy atom. The summed E-state index contributed by atoms with van der Waals surface area (Å²) in [4.78, 5) is 0. The van der Waals surface area contributed by atoms with Crippen molar-refractivity contribution < 1.29 is 0 Å². The van der Waals surface area contributed by atoms with E-state index in [9.17, 15) is 0 Å². The Bertz CT molecular complexity index is 144. The fourth-order valence-corrected chi connectivity index (χ4v) is 3.79. The third-order valence-corrected chi connectivity index (χ3v) is 4.95. The van der Waals surface area contributed by atoms with E-state index in [0.29, 0.717) is 0 Å². The molecular weight excluding hydrogens is 200 g/mol. The normalized spacial score (nSPS) is 25.2. The molecule has 90 valence electrons. The van der Waals surface area contributed by atoms with Gasteiger partial charge in [0.2, 0.25) is 0 Å². The highest BCUT2D eigenvalue weighted by molar-refractivity contribution is 7.99. The Kier molecular flexibility index (Phi) is 7.60. The lowest BCUT2D eigenvalue weighted by atomic mass is 9.72. The molecule has 1 fully saturated rings. The standard InChI is InChI=1S/C14H28S/c1-3-5-6-7-11-15-12-14-10-9-13(14)8-4-2/h13-14H,3-12H2,1-2H3. The lowest BCUT2D eigenvalue weighted by Gasteiger charge is -2.36. The molecule has 0 saturated heterocycles. The predicted molar refractivity (Wildman–Crippen MR) is 72.6 cm³/mol. The van der Waals surface area contributed by atoms with Gasteiger partial charge in [-0.15, -0.1) is 0 Å². The number of hydrogen-bond acceptors (Lipinski definition) is 1. The van der Waals surface area contributed by atoms with E-state index >= 15 is 0 Å². The van der Waals surface area contributed by atoms with Gasteiger partial charge in [0, 0.05) is 0 Å². The van der Waals surface area contributed by atoms with Gasteiger partial charge in [-0.2, -0.15) is 11.8 Å². The van der Waals surface area contributed by atoms with E-state index in [4.69, 9.17) is 0 Å². The summed E-state index contributed by atoms with van der Waals surface area (Å²) in [6.07, 6.45) is 11.6. The second-order valence-corrected chi connectivity index (χ2v) is 6.17. The zero-order valence-corrected chi connectivity index (χ0v) is 11.5. The highest BCUT2D eigenvalue weighted by Crippen LogP contribution is 2.39. The van der Waals surface area contributed by atoms with E-state index in [2.05, 4.69) is 25.6 Å². The third kappa shape index (κ3) is 5.29. The summed E-state index contributed by atoms with van der Waals surface area (Å²) in [6.45, 7) is 4.62. The van der Waals surface area contributed by atoms with E-state index in [1.165, 1.54) is 62.9 Å². The molecule has 0 N–H and O–H groups in total. The Balaban J connectivity index is 1.87. The van der Waals surface area contributed by atoms with Crippen LogP contribution >= 0.6 is 11.8 Å². The van der Waals surface area contributed by atoms with Crippen molar-refractivity contribution in [3.05, 3.63) is 0 Å². The molecule has 1 heteroatoms. The molecule has 1 aliphatic rings. The first-order valence-corrected chi connectivity index (χ1v) is 8.11. The quantitative estimate of drug-likeness (QED) is 0.493. The van der Waals surface area contributed by atoms with E-state index in [0.717, 1.165) is 11.8 Å². The van der Waals surface area contributed by atoms with Gasteiger partial charge in [0.1, 0.15) is 0 Å². The fraction of sp³-hybridized carbons (Fsp3) is 1.00. The van der Waals surface area contributed by atoms with Crippen molar-refractivity contribution >= 4 is 11.8 Å². The minimum absolute atomic E-state index is 1.08. The molecule has 0 aromatic carbocycles. The molecule has 0 bridgehead atoms. The Morgan fingerprint density at radius 1 is 0.933 bits per heavy atom.